The van der Waals surface area contributed by atoms with Gasteiger partial charge in [-0.2, -0.15) is 0 Å². The van der Waals surface area contributed by atoms with Crippen molar-refractivity contribution in [1.29, 1.82) is 0 Å². The van der Waals surface area contributed by atoms with Crippen molar-refractivity contribution in [2.75, 3.05) is 4.90 Å². The summed E-state index contributed by atoms with van der Waals surface area (Å²) >= 11 is 7.34. The number of aromatic nitrogens is 1. The number of carbonyl (C=O) groups excluding carboxylic acids is 2. The van der Waals surface area contributed by atoms with Crippen LogP contribution >= 0.6 is 22.9 Å². The van der Waals surface area contributed by atoms with Crippen LogP contribution in [0, 0.1) is 13.8 Å². The van der Waals surface area contributed by atoms with E-state index < -0.39 is 17.7 Å². The Kier molecular flexibility index (Phi) is 5.27. The topological polar surface area (TPSA) is 70.5 Å². The highest BCUT2D eigenvalue weighted by Gasteiger charge is 2.48. The summed E-state index contributed by atoms with van der Waals surface area (Å²) in [4.78, 5) is 32.7. The van der Waals surface area contributed by atoms with Crippen LogP contribution in [0.5, 0.6) is 0 Å². The Morgan fingerprint density at radius 1 is 1.03 bits per heavy atom. The molecule has 2 heterocycles. The van der Waals surface area contributed by atoms with E-state index in [0.29, 0.717) is 21.3 Å². The zero-order valence-corrected chi connectivity index (χ0v) is 19.4. The molecule has 1 saturated heterocycles. The molecule has 1 atom stereocenters. The van der Waals surface area contributed by atoms with Gasteiger partial charge < -0.3 is 5.11 Å². The molecule has 1 aromatic heterocycles. The van der Waals surface area contributed by atoms with Crippen molar-refractivity contribution in [3.63, 3.8) is 0 Å². The first-order chi connectivity index (χ1) is 15.8. The maximum absolute atomic E-state index is 13.3. The van der Waals surface area contributed by atoms with Crippen LogP contribution in [0.25, 0.3) is 16.0 Å². The second kappa shape index (κ2) is 8.14. The SMILES string of the molecule is Cc1cc(C)c2nc(N3C(=O)C(=O)C(=C(O)c4ccc(Cl)cc4)[C@H]3c3ccccc3)sc2c1. The molecule has 0 spiro atoms. The van der Waals surface area contributed by atoms with Crippen LogP contribution < -0.4 is 4.90 Å². The minimum Gasteiger partial charge on any atom is -0.507 e. The van der Waals surface area contributed by atoms with Gasteiger partial charge in [-0.05, 0) is 60.9 Å². The minimum atomic E-state index is -0.802. The van der Waals surface area contributed by atoms with E-state index >= 15 is 0 Å². The second-order valence-electron chi connectivity index (χ2n) is 8.01. The summed E-state index contributed by atoms with van der Waals surface area (Å²) in [5, 5.41) is 12.1. The molecule has 0 saturated carbocycles. The monoisotopic (exact) mass is 474 g/mol. The number of aliphatic hydroxyl groups excluding tert-OH is 1. The van der Waals surface area contributed by atoms with Crippen molar-refractivity contribution in [2.24, 2.45) is 0 Å². The smallest absolute Gasteiger partial charge is 0.301 e. The maximum Gasteiger partial charge on any atom is 0.301 e. The van der Waals surface area contributed by atoms with E-state index in [1.54, 1.807) is 24.3 Å². The van der Waals surface area contributed by atoms with Crippen molar-refractivity contribution in [1.82, 2.24) is 4.98 Å². The van der Waals surface area contributed by atoms with Gasteiger partial charge in [0.1, 0.15) is 5.76 Å². The van der Waals surface area contributed by atoms with E-state index in [0.717, 1.165) is 21.3 Å². The quantitative estimate of drug-likeness (QED) is 0.218. The number of nitrogens with zero attached hydrogens (tertiary/aromatic N) is 2. The van der Waals surface area contributed by atoms with Crippen molar-refractivity contribution in [3.8, 4) is 0 Å². The lowest BCUT2D eigenvalue weighted by Gasteiger charge is -2.22. The van der Waals surface area contributed by atoms with E-state index in [2.05, 4.69) is 0 Å². The van der Waals surface area contributed by atoms with Gasteiger partial charge in [-0.15, -0.1) is 0 Å². The molecule has 0 radical (unpaired) electrons. The first-order valence-corrected chi connectivity index (χ1v) is 11.5. The van der Waals surface area contributed by atoms with Gasteiger partial charge in [-0.25, -0.2) is 4.98 Å². The van der Waals surface area contributed by atoms with Crippen LogP contribution in [0.4, 0.5) is 5.13 Å². The zero-order valence-electron chi connectivity index (χ0n) is 17.9. The van der Waals surface area contributed by atoms with Crippen LogP contribution in [-0.2, 0) is 9.59 Å². The molecule has 1 aliphatic rings. The summed E-state index contributed by atoms with van der Waals surface area (Å²) in [7, 11) is 0. The summed E-state index contributed by atoms with van der Waals surface area (Å²) in [5.41, 5.74) is 4.04. The van der Waals surface area contributed by atoms with Gasteiger partial charge in [0, 0.05) is 10.6 Å². The second-order valence-corrected chi connectivity index (χ2v) is 9.46. The summed E-state index contributed by atoms with van der Waals surface area (Å²) in [6.45, 7) is 3.98. The maximum atomic E-state index is 13.3. The number of hydrogen-bond acceptors (Lipinski definition) is 5. The summed E-state index contributed by atoms with van der Waals surface area (Å²) in [5.74, 6) is -1.70. The molecule has 1 fully saturated rings. The van der Waals surface area contributed by atoms with E-state index in [4.69, 9.17) is 16.6 Å². The fraction of sp³-hybridized carbons (Fsp3) is 0.115. The van der Waals surface area contributed by atoms with Crippen LogP contribution in [0.1, 0.15) is 28.3 Å². The highest BCUT2D eigenvalue weighted by molar-refractivity contribution is 7.22. The number of amides is 1. The van der Waals surface area contributed by atoms with Crippen LogP contribution in [0.2, 0.25) is 5.02 Å². The number of thiazole rings is 1. The van der Waals surface area contributed by atoms with Crippen molar-refractivity contribution < 1.29 is 14.7 Å². The van der Waals surface area contributed by atoms with Crippen LogP contribution in [0.15, 0.2) is 72.3 Å². The lowest BCUT2D eigenvalue weighted by atomic mass is 9.95. The molecule has 4 aromatic rings. The van der Waals surface area contributed by atoms with Gasteiger partial charge >= 0.3 is 5.91 Å². The Hall–Kier alpha value is -3.48. The highest BCUT2D eigenvalue weighted by Crippen LogP contribution is 2.44. The van der Waals surface area contributed by atoms with Gasteiger partial charge in [0.15, 0.2) is 5.13 Å². The largest absolute Gasteiger partial charge is 0.507 e. The molecule has 33 heavy (non-hydrogen) atoms. The van der Waals surface area contributed by atoms with Crippen LogP contribution in [0.3, 0.4) is 0 Å². The van der Waals surface area contributed by atoms with E-state index in [1.807, 2.05) is 56.3 Å². The zero-order chi connectivity index (χ0) is 23.3. The molecular formula is C26H19ClN2O3S. The molecule has 5 rings (SSSR count). The fourth-order valence-corrected chi connectivity index (χ4v) is 5.50. The molecule has 0 aliphatic carbocycles. The molecule has 0 unspecified atom stereocenters. The number of anilines is 1. The van der Waals surface area contributed by atoms with Crippen molar-refractivity contribution >= 4 is 55.7 Å². The van der Waals surface area contributed by atoms with E-state index in [-0.39, 0.29) is 11.3 Å². The molecule has 5 nitrogen and oxygen atoms in total. The minimum absolute atomic E-state index is 0.0284. The number of rotatable bonds is 3. The first-order valence-electron chi connectivity index (χ1n) is 10.3. The lowest BCUT2D eigenvalue weighted by Crippen LogP contribution is -2.29. The van der Waals surface area contributed by atoms with Crippen LogP contribution in [-0.4, -0.2) is 21.8 Å². The average Bonchev–Trinajstić information content (AvgIpc) is 3.33. The number of Topliss-reactive ketones (excluding diaryl/α,β-unsaturated/α-hetero) is 1. The Morgan fingerprint density at radius 3 is 2.42 bits per heavy atom. The molecule has 164 valence electrons. The number of aliphatic hydroxyl groups is 1. The molecule has 3 aromatic carbocycles. The molecule has 1 N–H and O–H groups in total. The molecule has 1 amide bonds. The fourth-order valence-electron chi connectivity index (χ4n) is 4.21. The Morgan fingerprint density at radius 2 is 1.73 bits per heavy atom. The third-order valence-electron chi connectivity index (χ3n) is 5.70. The molecular weight excluding hydrogens is 456 g/mol. The summed E-state index contributed by atoms with van der Waals surface area (Å²) in [6, 6.07) is 19.0. The molecule has 7 heteroatoms. The number of carbonyl (C=O) groups is 2. The van der Waals surface area contributed by atoms with Crippen molar-refractivity contribution in [3.05, 3.63) is 99.6 Å². The van der Waals surface area contributed by atoms with Gasteiger partial charge in [0.25, 0.3) is 5.78 Å². The Balaban J connectivity index is 1.73. The average molecular weight is 475 g/mol. The van der Waals surface area contributed by atoms with Gasteiger partial charge in [0.2, 0.25) is 0 Å². The molecule has 0 bridgehead atoms. The van der Waals surface area contributed by atoms with Crippen molar-refractivity contribution in [2.45, 2.75) is 19.9 Å². The third-order valence-corrected chi connectivity index (χ3v) is 6.96. The highest BCUT2D eigenvalue weighted by atomic mass is 35.5. The number of benzene rings is 3. The molecule has 1 aliphatic heterocycles. The van der Waals surface area contributed by atoms with Gasteiger partial charge in [-0.1, -0.05) is 59.3 Å². The van der Waals surface area contributed by atoms with E-state index in [9.17, 15) is 14.7 Å². The Labute approximate surface area is 199 Å². The first kappa shape index (κ1) is 21.4. The predicted octanol–water partition coefficient (Wildman–Crippen LogP) is 6.19. The summed E-state index contributed by atoms with van der Waals surface area (Å²) < 4.78 is 0.939. The van der Waals surface area contributed by atoms with E-state index in [1.165, 1.54) is 16.2 Å². The normalized spacial score (nSPS) is 17.8. The predicted molar refractivity (Wildman–Crippen MR) is 132 cm³/mol. The number of halogens is 1. The number of hydrogen-bond donors (Lipinski definition) is 1. The van der Waals surface area contributed by atoms with Gasteiger partial charge in [0.05, 0.1) is 21.8 Å². The number of fused-ring (bicyclic) bond motifs is 1. The lowest BCUT2D eigenvalue weighted by molar-refractivity contribution is -0.132. The Bertz CT molecular complexity index is 1440. The number of aryl methyl sites for hydroxylation is 2. The van der Waals surface area contributed by atoms with Gasteiger partial charge in [-0.3, -0.25) is 14.5 Å². The third kappa shape index (κ3) is 3.61. The number of ketones is 1. The summed E-state index contributed by atoms with van der Waals surface area (Å²) in [6.07, 6.45) is 0. The standard InChI is InChI=1S/C26H19ClN2O3S/c1-14-12-15(2)21-19(13-14)33-26(28-21)29-22(16-6-4-3-5-7-16)20(24(31)25(29)32)23(30)17-8-10-18(27)11-9-17/h3-13,22,30H,1-2H3/t22-/m1/s1.